The Morgan fingerprint density at radius 2 is 1.74 bits per heavy atom. The van der Waals surface area contributed by atoms with Gasteiger partial charge in [-0.25, -0.2) is 21.9 Å². The van der Waals surface area contributed by atoms with Crippen LogP contribution in [0.4, 0.5) is 14.5 Å². The van der Waals surface area contributed by atoms with E-state index in [1.54, 1.807) is 0 Å². The summed E-state index contributed by atoms with van der Waals surface area (Å²) in [6, 6.07) is 15.8. The van der Waals surface area contributed by atoms with Crippen LogP contribution in [0.15, 0.2) is 77.7 Å². The minimum Gasteiger partial charge on any atom is -0.382 e. The summed E-state index contributed by atoms with van der Waals surface area (Å²) >= 11 is 0. The van der Waals surface area contributed by atoms with Gasteiger partial charge >= 0.3 is 0 Å². The number of ether oxygens (including phenoxy) is 1. The molecular weight excluding hydrogens is 518 g/mol. The molecule has 204 valence electrons. The molecule has 0 bridgehead atoms. The second kappa shape index (κ2) is 13.5. The number of hydrogen-bond acceptors (Lipinski definition) is 7. The minimum atomic E-state index is -4.06. The van der Waals surface area contributed by atoms with E-state index in [1.807, 2.05) is 30.3 Å². The zero-order chi connectivity index (χ0) is 27.7. The van der Waals surface area contributed by atoms with Gasteiger partial charge in [-0.2, -0.15) is 0 Å². The Morgan fingerprint density at radius 3 is 2.47 bits per heavy atom. The smallest absolute Gasteiger partial charge is 0.254 e. The second-order valence-corrected chi connectivity index (χ2v) is 10.4. The van der Waals surface area contributed by atoms with Crippen molar-refractivity contribution in [2.75, 3.05) is 18.5 Å². The maximum Gasteiger partial charge on any atom is 0.254 e. The van der Waals surface area contributed by atoms with E-state index in [0.29, 0.717) is 0 Å². The lowest BCUT2D eigenvalue weighted by Gasteiger charge is -2.19. The molecule has 38 heavy (non-hydrogen) atoms. The van der Waals surface area contributed by atoms with Crippen LogP contribution in [-0.2, 0) is 32.6 Å². The molecule has 9 nitrogen and oxygen atoms in total. The summed E-state index contributed by atoms with van der Waals surface area (Å²) in [5.41, 5.74) is 12.8. The molecule has 7 N–H and O–H groups in total. The largest absolute Gasteiger partial charge is 0.382 e. The highest BCUT2D eigenvalue weighted by molar-refractivity contribution is 7.89. The van der Waals surface area contributed by atoms with Crippen LogP contribution < -0.4 is 21.5 Å². The number of amides is 1. The number of aliphatic hydroxyl groups excluding tert-OH is 1. The third-order valence-corrected chi connectivity index (χ3v) is 6.95. The van der Waals surface area contributed by atoms with Gasteiger partial charge in [-0.15, -0.1) is 0 Å². The zero-order valence-corrected chi connectivity index (χ0v) is 21.2. The fourth-order valence-electron chi connectivity index (χ4n) is 3.48. The van der Waals surface area contributed by atoms with Crippen molar-refractivity contribution in [2.24, 2.45) is 11.5 Å². The summed E-state index contributed by atoms with van der Waals surface area (Å²) in [5.74, 6) is -2.10. The second-order valence-electron chi connectivity index (χ2n) is 8.68. The van der Waals surface area contributed by atoms with Crippen molar-refractivity contribution in [1.82, 2.24) is 4.72 Å². The Morgan fingerprint density at radius 1 is 1.00 bits per heavy atom. The Kier molecular flexibility index (Phi) is 10.4. The Labute approximate surface area is 219 Å². The molecule has 3 unspecified atom stereocenters. The molecule has 0 radical (unpaired) electrons. The number of rotatable bonds is 13. The Balaban J connectivity index is 1.53. The van der Waals surface area contributed by atoms with E-state index in [0.717, 1.165) is 23.8 Å². The van der Waals surface area contributed by atoms with Crippen LogP contribution in [0.3, 0.4) is 0 Å². The highest BCUT2D eigenvalue weighted by Crippen LogP contribution is 2.17. The zero-order valence-electron chi connectivity index (χ0n) is 20.4. The van der Waals surface area contributed by atoms with Gasteiger partial charge in [0.25, 0.3) is 5.91 Å². The molecule has 12 heteroatoms. The maximum atomic E-state index is 13.8. The molecule has 0 aliphatic rings. The summed E-state index contributed by atoms with van der Waals surface area (Å²) < 4.78 is 60.4. The number of anilines is 1. The van der Waals surface area contributed by atoms with Gasteiger partial charge in [-0.3, -0.25) is 4.79 Å². The van der Waals surface area contributed by atoms with Gasteiger partial charge in [0, 0.05) is 18.3 Å². The van der Waals surface area contributed by atoms with Crippen LogP contribution in [0.2, 0.25) is 0 Å². The molecule has 3 aromatic rings. The van der Waals surface area contributed by atoms with Gasteiger partial charge in [0.05, 0.1) is 24.2 Å². The van der Waals surface area contributed by atoms with Gasteiger partial charge in [0.2, 0.25) is 10.0 Å². The van der Waals surface area contributed by atoms with Crippen molar-refractivity contribution in [1.29, 1.82) is 0 Å². The van der Waals surface area contributed by atoms with E-state index in [9.17, 15) is 27.1 Å². The van der Waals surface area contributed by atoms with Gasteiger partial charge < -0.3 is 26.6 Å². The average Bonchev–Trinajstić information content (AvgIpc) is 2.90. The summed E-state index contributed by atoms with van der Waals surface area (Å²) in [6.45, 7) is -0.0658. The fraction of sp³-hybridized carbons (Fsp3) is 0.269. The molecule has 0 saturated heterocycles. The Hall–Kier alpha value is -3.26. The first-order valence-corrected chi connectivity index (χ1v) is 13.2. The van der Waals surface area contributed by atoms with Crippen LogP contribution in [-0.4, -0.2) is 50.8 Å². The van der Waals surface area contributed by atoms with Gasteiger partial charge in [0.1, 0.15) is 17.7 Å². The number of hydrogen-bond donors (Lipinski definition) is 5. The van der Waals surface area contributed by atoms with Crippen LogP contribution in [0.1, 0.15) is 11.1 Å². The highest BCUT2D eigenvalue weighted by Gasteiger charge is 2.24. The molecule has 0 saturated carbocycles. The first-order valence-electron chi connectivity index (χ1n) is 11.7. The lowest BCUT2D eigenvalue weighted by Crippen LogP contribution is -2.46. The van der Waals surface area contributed by atoms with Crippen molar-refractivity contribution in [2.45, 2.75) is 36.1 Å². The van der Waals surface area contributed by atoms with E-state index in [4.69, 9.17) is 16.2 Å². The highest BCUT2D eigenvalue weighted by atomic mass is 32.2. The van der Waals surface area contributed by atoms with E-state index in [1.165, 1.54) is 24.3 Å². The summed E-state index contributed by atoms with van der Waals surface area (Å²) in [7, 11) is -4.06. The number of carbonyl (C=O) groups is 1. The van der Waals surface area contributed by atoms with Crippen molar-refractivity contribution in [3.05, 3.63) is 95.6 Å². The lowest BCUT2D eigenvalue weighted by molar-refractivity contribution is -0.125. The predicted molar refractivity (Wildman–Crippen MR) is 138 cm³/mol. The van der Waals surface area contributed by atoms with Crippen molar-refractivity contribution in [3.63, 3.8) is 0 Å². The SMILES string of the molecule is NC(CNS(=O)(=O)c1cccc(NC(=O)C(O)C(N)COCc2ccccc2)c1)Cc1cc(F)ccc1F. The molecule has 0 aromatic heterocycles. The first-order chi connectivity index (χ1) is 18.0. The quantitative estimate of drug-likeness (QED) is 0.217. The van der Waals surface area contributed by atoms with E-state index >= 15 is 0 Å². The van der Waals surface area contributed by atoms with Crippen LogP contribution >= 0.6 is 0 Å². The van der Waals surface area contributed by atoms with Crippen molar-refractivity contribution >= 4 is 21.6 Å². The molecule has 3 atom stereocenters. The first kappa shape index (κ1) is 29.3. The molecule has 0 aliphatic carbocycles. The number of benzene rings is 3. The molecule has 0 heterocycles. The third-order valence-electron chi connectivity index (χ3n) is 5.53. The van der Waals surface area contributed by atoms with Gasteiger partial charge in [-0.05, 0) is 53.9 Å². The molecule has 1 amide bonds. The van der Waals surface area contributed by atoms with Crippen molar-refractivity contribution < 1.29 is 31.8 Å². The number of sulfonamides is 1. The molecule has 3 rings (SSSR count). The Bertz CT molecular complexity index is 1330. The topological polar surface area (TPSA) is 157 Å². The van der Waals surface area contributed by atoms with E-state index in [2.05, 4.69) is 10.0 Å². The molecule has 3 aromatic carbocycles. The summed E-state index contributed by atoms with van der Waals surface area (Å²) in [6.07, 6.45) is -1.69. The number of nitrogens with two attached hydrogens (primary N) is 2. The standard InChI is InChI=1S/C26H30F2N4O5S/c27-19-9-10-23(28)18(11-19)12-20(29)14-31-38(35,36)22-8-4-7-21(13-22)32-26(34)25(33)24(30)16-37-15-17-5-2-1-3-6-17/h1-11,13,20,24-25,31,33H,12,14-16,29-30H2,(H,32,34). The van der Waals surface area contributed by atoms with Crippen LogP contribution in [0.25, 0.3) is 0 Å². The number of aliphatic hydroxyl groups is 1. The number of nitrogens with one attached hydrogen (secondary N) is 2. The normalized spacial score (nSPS) is 14.0. The average molecular weight is 549 g/mol. The monoisotopic (exact) mass is 548 g/mol. The lowest BCUT2D eigenvalue weighted by atomic mass is 10.1. The van der Waals surface area contributed by atoms with Crippen molar-refractivity contribution in [3.8, 4) is 0 Å². The number of carbonyl (C=O) groups excluding carboxylic acids is 1. The minimum absolute atomic E-state index is 0.0311. The third kappa shape index (κ3) is 8.65. The van der Waals surface area contributed by atoms with E-state index in [-0.39, 0.29) is 42.3 Å². The van der Waals surface area contributed by atoms with Crippen LogP contribution in [0.5, 0.6) is 0 Å². The summed E-state index contributed by atoms with van der Waals surface area (Å²) in [5, 5.41) is 12.7. The summed E-state index contributed by atoms with van der Waals surface area (Å²) in [4.78, 5) is 12.3. The molecule has 0 aliphatic heterocycles. The van der Waals surface area contributed by atoms with Gasteiger partial charge in [0.15, 0.2) is 0 Å². The maximum absolute atomic E-state index is 13.8. The van der Waals surface area contributed by atoms with E-state index < -0.39 is 45.8 Å². The fourth-order valence-corrected chi connectivity index (χ4v) is 4.62. The van der Waals surface area contributed by atoms with Gasteiger partial charge in [-0.1, -0.05) is 36.4 Å². The molecular formula is C26H30F2N4O5S. The molecule has 0 fully saturated rings. The predicted octanol–water partition coefficient (Wildman–Crippen LogP) is 1.66. The molecule has 0 spiro atoms. The van der Waals surface area contributed by atoms with Crippen LogP contribution in [0, 0.1) is 11.6 Å². The number of halogens is 2.